The quantitative estimate of drug-likeness (QED) is 0.535. The smallest absolute Gasteiger partial charge is 0.306 e. The zero-order chi connectivity index (χ0) is 11.3. The molecule has 1 atom stereocenters. The van der Waals surface area contributed by atoms with Crippen LogP contribution in [-0.4, -0.2) is 26.7 Å². The highest BCUT2D eigenvalue weighted by Gasteiger charge is 2.24. The topological polar surface area (TPSA) is 60.4 Å². The first-order valence-electron chi connectivity index (χ1n) is 4.71. The van der Waals surface area contributed by atoms with Crippen LogP contribution in [0.3, 0.4) is 0 Å². The van der Waals surface area contributed by atoms with Gasteiger partial charge < -0.3 is 4.74 Å². The van der Waals surface area contributed by atoms with E-state index < -0.39 is 9.84 Å². The fourth-order valence-corrected chi connectivity index (χ4v) is 2.68. The van der Waals surface area contributed by atoms with Gasteiger partial charge in [0, 0.05) is 11.3 Å². The second-order valence-corrected chi connectivity index (χ2v) is 5.31. The minimum atomic E-state index is -3.07. The zero-order valence-electron chi connectivity index (χ0n) is 8.55. The van der Waals surface area contributed by atoms with E-state index >= 15 is 0 Å². The first-order valence-corrected chi connectivity index (χ1v) is 6.43. The molecule has 84 valence electrons. The lowest BCUT2D eigenvalue weighted by Gasteiger charge is -2.05. The Hall–Kier alpha value is -1.10. The van der Waals surface area contributed by atoms with Gasteiger partial charge in [0.05, 0.1) is 12.2 Å². The minimum absolute atomic E-state index is 0.0196. The van der Waals surface area contributed by atoms with E-state index in [1.807, 2.05) is 6.92 Å². The summed E-state index contributed by atoms with van der Waals surface area (Å²) in [6, 6.07) is 0. The van der Waals surface area contributed by atoms with Crippen LogP contribution in [0.5, 0.6) is 0 Å². The van der Waals surface area contributed by atoms with Gasteiger partial charge in [0.15, 0.2) is 9.84 Å². The fraction of sp³-hybridized carbons (Fsp3) is 0.500. The van der Waals surface area contributed by atoms with Crippen LogP contribution in [0, 0.1) is 5.92 Å². The van der Waals surface area contributed by atoms with Crippen molar-refractivity contribution in [1.82, 2.24) is 0 Å². The summed E-state index contributed by atoms with van der Waals surface area (Å²) in [5.41, 5.74) is 0. The molecular weight excluding hydrogens is 216 g/mol. The van der Waals surface area contributed by atoms with Crippen LogP contribution < -0.4 is 0 Å². The molecule has 0 saturated carbocycles. The molecule has 0 N–H and O–H groups in total. The van der Waals surface area contributed by atoms with Crippen molar-refractivity contribution in [2.75, 3.05) is 12.4 Å². The third-order valence-corrected chi connectivity index (χ3v) is 3.47. The number of sulfone groups is 1. The number of esters is 1. The molecule has 0 aromatic rings. The van der Waals surface area contributed by atoms with Crippen molar-refractivity contribution in [2.45, 2.75) is 13.3 Å². The molecule has 1 rings (SSSR count). The van der Waals surface area contributed by atoms with E-state index in [2.05, 4.69) is 0 Å². The van der Waals surface area contributed by atoms with E-state index in [1.54, 1.807) is 18.2 Å². The molecule has 0 spiro atoms. The Morgan fingerprint density at radius 2 is 2.33 bits per heavy atom. The maximum absolute atomic E-state index is 11.2. The van der Waals surface area contributed by atoms with Crippen LogP contribution in [0.2, 0.25) is 0 Å². The Morgan fingerprint density at radius 1 is 1.60 bits per heavy atom. The molecule has 1 aliphatic heterocycles. The van der Waals surface area contributed by atoms with Crippen LogP contribution in [0.15, 0.2) is 23.6 Å². The van der Waals surface area contributed by atoms with E-state index in [1.165, 1.54) is 0 Å². The van der Waals surface area contributed by atoms with Crippen molar-refractivity contribution < 1.29 is 17.9 Å². The third-order valence-electron chi connectivity index (χ3n) is 2.01. The summed E-state index contributed by atoms with van der Waals surface area (Å²) in [5, 5.41) is 1.16. The van der Waals surface area contributed by atoms with Gasteiger partial charge in [0.2, 0.25) is 0 Å². The number of carbonyl (C=O) groups excluding carboxylic acids is 1. The zero-order valence-corrected chi connectivity index (χ0v) is 9.37. The molecule has 0 bridgehead atoms. The Bertz CT molecular complexity index is 378. The summed E-state index contributed by atoms with van der Waals surface area (Å²) in [7, 11) is -3.07. The second-order valence-electron chi connectivity index (χ2n) is 3.37. The van der Waals surface area contributed by atoms with Gasteiger partial charge in [-0.2, -0.15) is 0 Å². The van der Waals surface area contributed by atoms with Gasteiger partial charge in [-0.15, -0.1) is 0 Å². The van der Waals surface area contributed by atoms with Gasteiger partial charge in [-0.1, -0.05) is 18.2 Å². The molecule has 15 heavy (non-hydrogen) atoms. The van der Waals surface area contributed by atoms with Gasteiger partial charge in [-0.3, -0.25) is 4.79 Å². The molecule has 1 heterocycles. The monoisotopic (exact) mass is 230 g/mol. The maximum atomic E-state index is 11.2. The molecule has 0 radical (unpaired) electrons. The lowest BCUT2D eigenvalue weighted by atomic mass is 10.1. The first kappa shape index (κ1) is 12.0. The molecule has 1 aliphatic rings. The highest BCUT2D eigenvalue weighted by molar-refractivity contribution is 7.94. The molecular formula is C10H14O4S. The fourth-order valence-electron chi connectivity index (χ4n) is 1.28. The molecule has 5 heteroatoms. The molecule has 0 amide bonds. The summed E-state index contributed by atoms with van der Waals surface area (Å²) in [4.78, 5) is 11.2. The molecule has 1 unspecified atom stereocenters. The van der Waals surface area contributed by atoms with E-state index in [4.69, 9.17) is 4.74 Å². The Morgan fingerprint density at radius 3 is 2.87 bits per heavy atom. The van der Waals surface area contributed by atoms with Crippen LogP contribution in [0.4, 0.5) is 0 Å². The van der Waals surface area contributed by atoms with Crippen LogP contribution >= 0.6 is 0 Å². The largest absolute Gasteiger partial charge is 0.461 e. The highest BCUT2D eigenvalue weighted by atomic mass is 32.2. The summed E-state index contributed by atoms with van der Waals surface area (Å²) in [6.07, 6.45) is 5.19. The molecule has 0 aromatic heterocycles. The van der Waals surface area contributed by atoms with Gasteiger partial charge >= 0.3 is 5.97 Å². The van der Waals surface area contributed by atoms with Gasteiger partial charge in [-0.05, 0) is 6.92 Å². The number of hydrogen-bond acceptors (Lipinski definition) is 4. The molecule has 0 aromatic carbocycles. The van der Waals surface area contributed by atoms with E-state index in [9.17, 15) is 13.2 Å². The molecule has 4 nitrogen and oxygen atoms in total. The predicted molar refractivity (Wildman–Crippen MR) is 56.8 cm³/mol. The number of rotatable bonds is 4. The van der Waals surface area contributed by atoms with Gasteiger partial charge in [0.1, 0.15) is 6.61 Å². The molecule has 0 fully saturated rings. The summed E-state index contributed by atoms with van der Waals surface area (Å²) in [5.74, 6) is -0.570. The normalized spacial score (nSPS) is 23.4. The number of carbonyl (C=O) groups is 1. The average molecular weight is 230 g/mol. The van der Waals surface area contributed by atoms with Crippen LogP contribution in [0.1, 0.15) is 13.3 Å². The minimum Gasteiger partial charge on any atom is -0.461 e. The Labute approximate surface area is 89.5 Å². The number of ether oxygens (including phenoxy) is 1. The van der Waals surface area contributed by atoms with E-state index in [0.717, 1.165) is 5.41 Å². The Kier molecular flexibility index (Phi) is 4.08. The second kappa shape index (κ2) is 5.11. The van der Waals surface area contributed by atoms with Crippen molar-refractivity contribution in [2.24, 2.45) is 5.92 Å². The van der Waals surface area contributed by atoms with E-state index in [0.29, 0.717) is 0 Å². The lowest BCUT2D eigenvalue weighted by Crippen LogP contribution is -2.13. The summed E-state index contributed by atoms with van der Waals surface area (Å²) in [6.45, 7) is 2.08. The first-order chi connectivity index (χ1) is 7.03. The van der Waals surface area contributed by atoms with Crippen molar-refractivity contribution in [3.63, 3.8) is 0 Å². The number of hydrogen-bond donors (Lipinski definition) is 0. The molecule has 0 saturated heterocycles. The lowest BCUT2D eigenvalue weighted by molar-refractivity contribution is -0.142. The van der Waals surface area contributed by atoms with Crippen LogP contribution in [-0.2, 0) is 19.4 Å². The Balaban J connectivity index is 2.32. The maximum Gasteiger partial charge on any atom is 0.306 e. The van der Waals surface area contributed by atoms with Crippen molar-refractivity contribution >= 4 is 15.8 Å². The summed E-state index contributed by atoms with van der Waals surface area (Å²) >= 11 is 0. The van der Waals surface area contributed by atoms with E-state index in [-0.39, 0.29) is 30.7 Å². The predicted octanol–water partition coefficient (Wildman–Crippen LogP) is 1.05. The van der Waals surface area contributed by atoms with Gasteiger partial charge in [0.25, 0.3) is 0 Å². The van der Waals surface area contributed by atoms with Gasteiger partial charge in [-0.25, -0.2) is 8.42 Å². The highest BCUT2D eigenvalue weighted by Crippen LogP contribution is 2.18. The summed E-state index contributed by atoms with van der Waals surface area (Å²) < 4.78 is 26.9. The van der Waals surface area contributed by atoms with Crippen molar-refractivity contribution in [3.8, 4) is 0 Å². The van der Waals surface area contributed by atoms with Crippen molar-refractivity contribution in [3.05, 3.63) is 23.6 Å². The third kappa shape index (κ3) is 4.29. The van der Waals surface area contributed by atoms with Crippen LogP contribution in [0.25, 0.3) is 0 Å². The number of allylic oxidation sites excluding steroid dienone is 2. The standard InChI is InChI=1S/C10H14O4S/c1-2-3-5-14-10(11)7-9-4-6-15(12,13)8-9/h2-4,6,9H,5,7-8H2,1H3/b3-2+. The van der Waals surface area contributed by atoms with Crippen molar-refractivity contribution in [1.29, 1.82) is 0 Å². The SMILES string of the molecule is C/C=C/COC(=O)CC1C=CS(=O)(=O)C1. The molecule has 0 aliphatic carbocycles. The average Bonchev–Trinajstić information content (AvgIpc) is 2.46.